The third-order valence-electron chi connectivity index (χ3n) is 5.42. The molecule has 0 atom stereocenters. The molecule has 1 fully saturated rings. The Bertz CT molecular complexity index is 1360. The van der Waals surface area contributed by atoms with Gasteiger partial charge in [0.1, 0.15) is 11.3 Å². The lowest BCUT2D eigenvalue weighted by atomic mass is 10.0. The van der Waals surface area contributed by atoms with Crippen LogP contribution in [0.2, 0.25) is 0 Å². The normalized spacial score (nSPS) is 14.4. The van der Waals surface area contributed by atoms with E-state index >= 15 is 0 Å². The highest BCUT2D eigenvalue weighted by Crippen LogP contribution is 2.30. The summed E-state index contributed by atoms with van der Waals surface area (Å²) in [6.07, 6.45) is 5.67. The molecular formula is C21H16IN7O. The second kappa shape index (κ2) is 6.94. The van der Waals surface area contributed by atoms with E-state index in [9.17, 15) is 0 Å². The molecule has 5 aromatic rings. The van der Waals surface area contributed by atoms with E-state index in [1.54, 1.807) is 0 Å². The van der Waals surface area contributed by atoms with E-state index in [1.165, 1.54) is 0 Å². The summed E-state index contributed by atoms with van der Waals surface area (Å²) in [5.74, 6) is 0.896. The molecule has 0 unspecified atom stereocenters. The highest BCUT2D eigenvalue weighted by molar-refractivity contribution is 14.1. The van der Waals surface area contributed by atoms with Gasteiger partial charge >= 0.3 is 6.01 Å². The minimum Gasteiger partial charge on any atom is -0.423 e. The van der Waals surface area contributed by atoms with E-state index in [2.05, 4.69) is 35.6 Å². The van der Waals surface area contributed by atoms with Crippen LogP contribution in [0.5, 0.6) is 0 Å². The smallest absolute Gasteiger partial charge is 0.304 e. The molecule has 6 rings (SSSR count). The zero-order valence-electron chi connectivity index (χ0n) is 15.7. The fourth-order valence-corrected chi connectivity index (χ4v) is 4.02. The molecule has 9 heteroatoms. The monoisotopic (exact) mass is 509 g/mol. The molecule has 1 aliphatic heterocycles. The summed E-state index contributed by atoms with van der Waals surface area (Å²) in [5.41, 5.74) is 5.46. The van der Waals surface area contributed by atoms with Crippen molar-refractivity contribution in [2.45, 2.75) is 6.04 Å². The number of fused-ring (bicyclic) bond motifs is 2. The maximum atomic E-state index is 5.61. The molecule has 0 saturated carbocycles. The van der Waals surface area contributed by atoms with Gasteiger partial charge in [0.2, 0.25) is 0 Å². The fraction of sp³-hybridized carbons (Fsp3) is 0.143. The third kappa shape index (κ3) is 2.96. The number of oxazole rings is 1. The van der Waals surface area contributed by atoms with Crippen molar-refractivity contribution in [1.82, 2.24) is 24.7 Å². The third-order valence-corrected chi connectivity index (χ3v) is 5.88. The molecule has 30 heavy (non-hydrogen) atoms. The van der Waals surface area contributed by atoms with Gasteiger partial charge < -0.3 is 9.32 Å². The Labute approximate surface area is 185 Å². The number of nitrogens with zero attached hydrogens (tertiary/aromatic N) is 6. The van der Waals surface area contributed by atoms with Crippen LogP contribution in [-0.4, -0.2) is 37.8 Å². The molecule has 1 saturated heterocycles. The number of aromatic nitrogens is 5. The van der Waals surface area contributed by atoms with Crippen molar-refractivity contribution in [2.24, 2.45) is 0 Å². The van der Waals surface area contributed by atoms with Gasteiger partial charge in [0.15, 0.2) is 5.58 Å². The maximum absolute atomic E-state index is 5.61. The molecule has 0 radical (unpaired) electrons. The Morgan fingerprint density at radius 2 is 1.83 bits per heavy atom. The van der Waals surface area contributed by atoms with Gasteiger partial charge in [0, 0.05) is 25.5 Å². The van der Waals surface area contributed by atoms with Gasteiger partial charge in [-0.3, -0.25) is 13.2 Å². The Balaban J connectivity index is 1.31. The summed E-state index contributed by atoms with van der Waals surface area (Å²) in [6.45, 7) is 1.77. The highest BCUT2D eigenvalue weighted by Gasteiger charge is 2.29. The number of nitrogens with one attached hydrogen (secondary N) is 1. The van der Waals surface area contributed by atoms with Gasteiger partial charge in [-0.15, -0.1) is 0 Å². The molecule has 1 N–H and O–H groups in total. The van der Waals surface area contributed by atoms with Crippen LogP contribution in [-0.2, 0) is 0 Å². The standard InChI is InChI=1S/C21H16IN7O/c22-27-21-26-18-9-14(3-5-19(18)30-21)13-2-4-16-17(8-13)25-20(10-23-16)28-11-15(12-28)29-7-1-6-24-29/h1-10,15H,11-12H2,(H,26,27). The van der Waals surface area contributed by atoms with Crippen molar-refractivity contribution >= 4 is 56.8 Å². The van der Waals surface area contributed by atoms with E-state index in [0.29, 0.717) is 12.1 Å². The molecule has 148 valence electrons. The van der Waals surface area contributed by atoms with Crippen molar-refractivity contribution in [3.63, 3.8) is 0 Å². The van der Waals surface area contributed by atoms with Crippen LogP contribution in [0.4, 0.5) is 11.8 Å². The molecule has 8 nitrogen and oxygen atoms in total. The van der Waals surface area contributed by atoms with Crippen molar-refractivity contribution in [2.75, 3.05) is 21.5 Å². The second-order valence-electron chi connectivity index (χ2n) is 7.27. The lowest BCUT2D eigenvalue weighted by molar-refractivity contribution is 0.366. The SMILES string of the molecule is INc1nc2cc(-c3ccc4ncc(N5CC(n6cccn6)C5)nc4c3)ccc2o1. The summed E-state index contributed by atoms with van der Waals surface area (Å²) >= 11 is 2.01. The molecule has 0 spiro atoms. The first-order chi connectivity index (χ1) is 14.8. The summed E-state index contributed by atoms with van der Waals surface area (Å²) in [6, 6.07) is 15.0. The first kappa shape index (κ1) is 17.6. The first-order valence-electron chi connectivity index (χ1n) is 9.55. The van der Waals surface area contributed by atoms with E-state index < -0.39 is 0 Å². The number of hydrogen-bond acceptors (Lipinski definition) is 7. The summed E-state index contributed by atoms with van der Waals surface area (Å²) in [5, 5.41) is 4.33. The molecule has 0 amide bonds. The van der Waals surface area contributed by atoms with Crippen LogP contribution in [0.15, 0.2) is 65.5 Å². The van der Waals surface area contributed by atoms with Gasteiger partial charge in [0.05, 0.1) is 46.1 Å². The van der Waals surface area contributed by atoms with E-state index in [4.69, 9.17) is 9.40 Å². The first-order valence-corrected chi connectivity index (χ1v) is 10.6. The molecule has 2 aromatic carbocycles. The van der Waals surface area contributed by atoms with Crippen molar-refractivity contribution < 1.29 is 4.42 Å². The largest absolute Gasteiger partial charge is 0.423 e. The average molecular weight is 509 g/mol. The minimum atomic E-state index is 0.389. The van der Waals surface area contributed by atoms with Crippen molar-refractivity contribution in [3.05, 3.63) is 61.1 Å². The van der Waals surface area contributed by atoms with E-state index in [1.807, 2.05) is 76.5 Å². The Morgan fingerprint density at radius 1 is 1.00 bits per heavy atom. The summed E-state index contributed by atoms with van der Waals surface area (Å²) in [4.78, 5) is 16.1. The number of halogens is 1. The Kier molecular flexibility index (Phi) is 4.08. The minimum absolute atomic E-state index is 0.389. The fourth-order valence-electron chi connectivity index (χ4n) is 3.79. The van der Waals surface area contributed by atoms with Crippen LogP contribution in [0, 0.1) is 0 Å². The summed E-state index contributed by atoms with van der Waals surface area (Å²) in [7, 11) is 0. The zero-order chi connectivity index (χ0) is 20.1. The van der Waals surface area contributed by atoms with E-state index in [-0.39, 0.29) is 0 Å². The molecular weight excluding hydrogens is 493 g/mol. The number of rotatable bonds is 4. The maximum Gasteiger partial charge on any atom is 0.304 e. The molecule has 1 aliphatic rings. The van der Waals surface area contributed by atoms with Crippen molar-refractivity contribution in [3.8, 4) is 11.1 Å². The predicted molar refractivity (Wildman–Crippen MR) is 124 cm³/mol. The van der Waals surface area contributed by atoms with Crippen LogP contribution in [0.25, 0.3) is 33.3 Å². The number of hydrogen-bond donors (Lipinski definition) is 1. The van der Waals surface area contributed by atoms with Gasteiger partial charge in [-0.05, 0) is 41.5 Å². The summed E-state index contributed by atoms with van der Waals surface area (Å²) < 4.78 is 10.5. The van der Waals surface area contributed by atoms with Crippen LogP contribution >= 0.6 is 22.9 Å². The van der Waals surface area contributed by atoms with Crippen LogP contribution < -0.4 is 8.43 Å². The molecule has 0 aliphatic carbocycles. The van der Waals surface area contributed by atoms with E-state index in [0.717, 1.165) is 52.2 Å². The van der Waals surface area contributed by atoms with Crippen LogP contribution in [0.3, 0.4) is 0 Å². The van der Waals surface area contributed by atoms with Gasteiger partial charge in [-0.25, -0.2) is 4.98 Å². The average Bonchev–Trinajstić information content (AvgIpc) is 3.41. The number of anilines is 2. The van der Waals surface area contributed by atoms with Crippen molar-refractivity contribution in [1.29, 1.82) is 0 Å². The number of benzene rings is 2. The topological polar surface area (TPSA) is 84.9 Å². The Morgan fingerprint density at radius 3 is 2.63 bits per heavy atom. The Hall–Kier alpha value is -3.21. The highest BCUT2D eigenvalue weighted by atomic mass is 127. The second-order valence-corrected chi connectivity index (χ2v) is 7.81. The molecule has 0 bridgehead atoms. The molecule has 3 aromatic heterocycles. The quantitative estimate of drug-likeness (QED) is 0.283. The van der Waals surface area contributed by atoms with Gasteiger partial charge in [-0.1, -0.05) is 12.1 Å². The lowest BCUT2D eigenvalue weighted by Crippen LogP contribution is -2.48. The van der Waals surface area contributed by atoms with Gasteiger partial charge in [-0.2, -0.15) is 10.1 Å². The van der Waals surface area contributed by atoms with Crippen LogP contribution in [0.1, 0.15) is 6.04 Å². The lowest BCUT2D eigenvalue weighted by Gasteiger charge is -2.39. The predicted octanol–water partition coefficient (Wildman–Crippen LogP) is 4.46. The van der Waals surface area contributed by atoms with Gasteiger partial charge in [0.25, 0.3) is 0 Å². The molecule has 4 heterocycles. The zero-order valence-corrected chi connectivity index (χ0v) is 17.9.